The van der Waals surface area contributed by atoms with Crippen molar-refractivity contribution in [1.82, 2.24) is 9.62 Å². The maximum absolute atomic E-state index is 12.7. The molecular weight excluding hydrogens is 416 g/mol. The normalized spacial score (nSPS) is 19.8. The number of ether oxygens (including phenoxy) is 1. The standard InChI is InChI=1S/C20H29ClN2O5S/c1-4-23(5-2)29(26,27)18-12-15(8-11-17(18)21)20(25)28-13-19(24)22-16-9-6-14(3)7-10-16/h8,11-12,14,16H,4-7,9-10,13H2,1-3H3,(H,22,24). The number of hydrogen-bond acceptors (Lipinski definition) is 5. The third-order valence-corrected chi connectivity index (χ3v) is 7.74. The minimum atomic E-state index is -3.83. The average Bonchev–Trinajstić information content (AvgIpc) is 2.69. The zero-order valence-corrected chi connectivity index (χ0v) is 18.7. The van der Waals surface area contributed by atoms with E-state index in [0.29, 0.717) is 5.92 Å². The van der Waals surface area contributed by atoms with Gasteiger partial charge in [-0.25, -0.2) is 13.2 Å². The van der Waals surface area contributed by atoms with Gasteiger partial charge in [0.1, 0.15) is 4.90 Å². The zero-order chi connectivity index (χ0) is 21.6. The van der Waals surface area contributed by atoms with Crippen molar-refractivity contribution in [2.24, 2.45) is 5.92 Å². The zero-order valence-electron chi connectivity index (χ0n) is 17.1. The summed E-state index contributed by atoms with van der Waals surface area (Å²) in [6.45, 7) is 5.79. The molecule has 0 radical (unpaired) electrons. The van der Waals surface area contributed by atoms with Gasteiger partial charge in [-0.2, -0.15) is 4.31 Å². The van der Waals surface area contributed by atoms with Gasteiger partial charge in [0, 0.05) is 19.1 Å². The third-order valence-electron chi connectivity index (χ3n) is 5.21. The Morgan fingerprint density at radius 3 is 2.38 bits per heavy atom. The topological polar surface area (TPSA) is 92.8 Å². The molecule has 2 rings (SSSR count). The first-order valence-electron chi connectivity index (χ1n) is 9.95. The molecule has 1 N–H and O–H groups in total. The second kappa shape index (κ2) is 10.4. The van der Waals surface area contributed by atoms with Gasteiger partial charge in [-0.1, -0.05) is 32.4 Å². The Balaban J connectivity index is 2.01. The quantitative estimate of drug-likeness (QED) is 0.621. The summed E-state index contributed by atoms with van der Waals surface area (Å²) in [4.78, 5) is 24.2. The fraction of sp³-hybridized carbons (Fsp3) is 0.600. The van der Waals surface area contributed by atoms with Crippen molar-refractivity contribution in [3.05, 3.63) is 28.8 Å². The van der Waals surface area contributed by atoms with E-state index in [9.17, 15) is 18.0 Å². The van der Waals surface area contributed by atoms with Gasteiger partial charge in [0.25, 0.3) is 5.91 Å². The molecule has 0 aromatic heterocycles. The molecule has 9 heteroatoms. The van der Waals surface area contributed by atoms with Gasteiger partial charge < -0.3 is 10.1 Å². The summed E-state index contributed by atoms with van der Waals surface area (Å²) < 4.78 is 31.8. The van der Waals surface area contributed by atoms with Crippen LogP contribution in [-0.4, -0.2) is 50.3 Å². The van der Waals surface area contributed by atoms with Gasteiger partial charge in [-0.05, 0) is 49.8 Å². The lowest BCUT2D eigenvalue weighted by Crippen LogP contribution is -2.39. The predicted molar refractivity (Wildman–Crippen MR) is 111 cm³/mol. The summed E-state index contributed by atoms with van der Waals surface area (Å²) in [7, 11) is -3.83. The Hall–Kier alpha value is -1.64. The molecule has 1 aliphatic carbocycles. The lowest BCUT2D eigenvalue weighted by Gasteiger charge is -2.26. The van der Waals surface area contributed by atoms with Crippen molar-refractivity contribution in [2.45, 2.75) is 57.4 Å². The molecule has 0 spiro atoms. The summed E-state index contributed by atoms with van der Waals surface area (Å²) in [5, 5.41) is 2.91. The third kappa shape index (κ3) is 6.17. The van der Waals surface area contributed by atoms with E-state index in [0.717, 1.165) is 25.7 Å². The van der Waals surface area contributed by atoms with E-state index in [1.54, 1.807) is 13.8 Å². The van der Waals surface area contributed by atoms with E-state index in [1.807, 2.05) is 0 Å². The second-order valence-electron chi connectivity index (χ2n) is 7.33. The lowest BCUT2D eigenvalue weighted by molar-refractivity contribution is -0.125. The fourth-order valence-corrected chi connectivity index (χ4v) is 5.38. The summed E-state index contributed by atoms with van der Waals surface area (Å²) in [6, 6.07) is 4.03. The summed E-state index contributed by atoms with van der Waals surface area (Å²) >= 11 is 6.07. The first-order chi connectivity index (χ1) is 13.7. The fourth-order valence-electron chi connectivity index (χ4n) is 3.42. The molecule has 0 unspecified atom stereocenters. The van der Waals surface area contributed by atoms with Crippen molar-refractivity contribution in [3.8, 4) is 0 Å². The van der Waals surface area contributed by atoms with Crippen LogP contribution in [0.1, 0.15) is 56.8 Å². The van der Waals surface area contributed by atoms with Crippen molar-refractivity contribution in [2.75, 3.05) is 19.7 Å². The average molecular weight is 445 g/mol. The van der Waals surface area contributed by atoms with Gasteiger partial charge >= 0.3 is 5.97 Å². The Labute approximate surface area is 177 Å². The Morgan fingerprint density at radius 2 is 1.79 bits per heavy atom. The Morgan fingerprint density at radius 1 is 1.17 bits per heavy atom. The predicted octanol–water partition coefficient (Wildman–Crippen LogP) is 3.22. The number of esters is 1. The van der Waals surface area contributed by atoms with Crippen molar-refractivity contribution in [3.63, 3.8) is 0 Å². The molecule has 0 saturated heterocycles. The summed E-state index contributed by atoms with van der Waals surface area (Å²) in [5.74, 6) is -0.458. The number of benzene rings is 1. The van der Waals surface area contributed by atoms with Crippen molar-refractivity contribution < 1.29 is 22.7 Å². The Kier molecular flexibility index (Phi) is 8.48. The lowest BCUT2D eigenvalue weighted by atomic mass is 9.87. The first-order valence-corrected chi connectivity index (χ1v) is 11.8. The van der Waals surface area contributed by atoms with E-state index >= 15 is 0 Å². The number of hydrogen-bond donors (Lipinski definition) is 1. The molecule has 1 saturated carbocycles. The number of carbonyl (C=O) groups is 2. The van der Waals surface area contributed by atoms with Crippen LogP contribution in [0.15, 0.2) is 23.1 Å². The molecule has 1 aromatic rings. The van der Waals surface area contributed by atoms with E-state index in [1.165, 1.54) is 22.5 Å². The molecule has 1 amide bonds. The van der Waals surface area contributed by atoms with Crippen LogP contribution in [-0.2, 0) is 19.6 Å². The van der Waals surface area contributed by atoms with Gasteiger partial charge in [0.2, 0.25) is 10.0 Å². The van der Waals surface area contributed by atoms with Gasteiger partial charge in [-0.15, -0.1) is 0 Å². The molecule has 0 atom stereocenters. The summed E-state index contributed by atoms with van der Waals surface area (Å²) in [6.07, 6.45) is 3.98. The SMILES string of the molecule is CCN(CC)S(=O)(=O)c1cc(C(=O)OCC(=O)NC2CCC(C)CC2)ccc1Cl. The highest BCUT2D eigenvalue weighted by atomic mass is 35.5. The minimum absolute atomic E-state index is 0.0257. The van der Waals surface area contributed by atoms with Crippen LogP contribution in [0.2, 0.25) is 5.02 Å². The number of rotatable bonds is 8. The maximum atomic E-state index is 12.7. The molecule has 0 heterocycles. The van der Waals surface area contributed by atoms with Crippen LogP contribution in [0.5, 0.6) is 0 Å². The van der Waals surface area contributed by atoms with Crippen LogP contribution in [0.4, 0.5) is 0 Å². The highest BCUT2D eigenvalue weighted by Crippen LogP contribution is 2.26. The van der Waals surface area contributed by atoms with Crippen LogP contribution in [0.3, 0.4) is 0 Å². The molecule has 162 valence electrons. The maximum Gasteiger partial charge on any atom is 0.338 e. The van der Waals surface area contributed by atoms with Crippen LogP contribution < -0.4 is 5.32 Å². The van der Waals surface area contributed by atoms with Crippen LogP contribution in [0, 0.1) is 5.92 Å². The van der Waals surface area contributed by atoms with E-state index in [-0.39, 0.29) is 40.5 Å². The highest BCUT2D eigenvalue weighted by Gasteiger charge is 2.26. The second-order valence-corrected chi connectivity index (χ2v) is 9.65. The first kappa shape index (κ1) is 23.6. The molecule has 0 bridgehead atoms. The van der Waals surface area contributed by atoms with Crippen molar-refractivity contribution in [1.29, 1.82) is 0 Å². The molecule has 1 aromatic carbocycles. The number of nitrogens with zero attached hydrogens (tertiary/aromatic N) is 1. The number of amides is 1. The van der Waals surface area contributed by atoms with E-state index in [4.69, 9.17) is 16.3 Å². The number of halogens is 1. The molecule has 7 nitrogen and oxygen atoms in total. The molecule has 0 aliphatic heterocycles. The van der Waals surface area contributed by atoms with Crippen LogP contribution in [0.25, 0.3) is 0 Å². The molecular formula is C20H29ClN2O5S. The van der Waals surface area contributed by atoms with Gasteiger partial charge in [0.05, 0.1) is 10.6 Å². The van der Waals surface area contributed by atoms with Crippen LogP contribution >= 0.6 is 11.6 Å². The monoisotopic (exact) mass is 444 g/mol. The van der Waals surface area contributed by atoms with Crippen molar-refractivity contribution >= 4 is 33.5 Å². The van der Waals surface area contributed by atoms with E-state index < -0.39 is 22.6 Å². The molecule has 29 heavy (non-hydrogen) atoms. The number of sulfonamides is 1. The molecule has 1 fully saturated rings. The largest absolute Gasteiger partial charge is 0.452 e. The summed E-state index contributed by atoms with van der Waals surface area (Å²) in [5.41, 5.74) is 0.0272. The molecule has 1 aliphatic rings. The minimum Gasteiger partial charge on any atom is -0.452 e. The van der Waals surface area contributed by atoms with Gasteiger partial charge in [-0.3, -0.25) is 4.79 Å². The van der Waals surface area contributed by atoms with E-state index in [2.05, 4.69) is 12.2 Å². The number of nitrogens with one attached hydrogen (secondary N) is 1. The smallest absolute Gasteiger partial charge is 0.338 e. The highest BCUT2D eigenvalue weighted by molar-refractivity contribution is 7.89. The Bertz CT molecular complexity index is 831. The number of carbonyl (C=O) groups excluding carboxylic acids is 2. The van der Waals surface area contributed by atoms with Gasteiger partial charge in [0.15, 0.2) is 6.61 Å².